The van der Waals surface area contributed by atoms with Gasteiger partial charge in [-0.25, -0.2) is 4.98 Å². The number of carbonyl (C=O) groups is 1. The van der Waals surface area contributed by atoms with Gasteiger partial charge in [-0.15, -0.1) is 0 Å². The van der Waals surface area contributed by atoms with Crippen molar-refractivity contribution in [3.05, 3.63) is 30.7 Å². The Morgan fingerprint density at radius 3 is 2.76 bits per heavy atom. The number of hydrogen-bond acceptors (Lipinski definition) is 6. The number of fused-ring (bicyclic) bond motifs is 2. The van der Waals surface area contributed by atoms with Crippen LogP contribution >= 0.6 is 0 Å². The first kappa shape index (κ1) is 18.0. The molecule has 29 heavy (non-hydrogen) atoms. The van der Waals surface area contributed by atoms with E-state index >= 15 is 0 Å². The molecule has 3 aliphatic rings. The van der Waals surface area contributed by atoms with E-state index < -0.39 is 0 Å². The second-order valence-electron chi connectivity index (χ2n) is 8.21. The Morgan fingerprint density at radius 2 is 2.10 bits per heavy atom. The summed E-state index contributed by atoms with van der Waals surface area (Å²) in [6, 6.07) is 6.62. The van der Waals surface area contributed by atoms with Gasteiger partial charge in [0.25, 0.3) is 0 Å². The van der Waals surface area contributed by atoms with E-state index in [2.05, 4.69) is 37.7 Å². The zero-order valence-corrected chi connectivity index (χ0v) is 16.5. The summed E-state index contributed by atoms with van der Waals surface area (Å²) in [6.45, 7) is 4.59. The molecule has 8 nitrogen and oxygen atoms in total. The Labute approximate surface area is 170 Å². The third-order valence-corrected chi connectivity index (χ3v) is 6.35. The van der Waals surface area contributed by atoms with Crippen molar-refractivity contribution in [2.75, 3.05) is 23.3 Å². The number of aromatic nitrogens is 3. The summed E-state index contributed by atoms with van der Waals surface area (Å²) >= 11 is 0. The van der Waals surface area contributed by atoms with Gasteiger partial charge in [0, 0.05) is 50.3 Å². The fourth-order valence-electron chi connectivity index (χ4n) is 4.68. The van der Waals surface area contributed by atoms with Crippen LogP contribution in [-0.4, -0.2) is 50.5 Å². The molecule has 1 unspecified atom stereocenters. The molecule has 1 aliphatic carbocycles. The molecule has 5 rings (SSSR count). The molecule has 0 spiro atoms. The number of nitrogens with zero attached hydrogens (tertiary/aromatic N) is 6. The summed E-state index contributed by atoms with van der Waals surface area (Å²) < 4.78 is 2.09. The number of nitriles is 1. The summed E-state index contributed by atoms with van der Waals surface area (Å²) in [5.74, 6) is 1.52. The number of aryl methyl sites for hydroxylation is 1. The van der Waals surface area contributed by atoms with E-state index in [9.17, 15) is 4.79 Å². The van der Waals surface area contributed by atoms with Gasteiger partial charge in [0.05, 0.1) is 23.6 Å². The van der Waals surface area contributed by atoms with Gasteiger partial charge < -0.3 is 19.7 Å². The van der Waals surface area contributed by atoms with Gasteiger partial charge >= 0.3 is 0 Å². The molecule has 4 heterocycles. The Bertz CT molecular complexity index is 950. The van der Waals surface area contributed by atoms with Crippen molar-refractivity contribution in [2.24, 2.45) is 11.8 Å². The van der Waals surface area contributed by atoms with Crippen LogP contribution in [0.2, 0.25) is 0 Å². The third kappa shape index (κ3) is 3.31. The number of piperazine rings is 1. The van der Waals surface area contributed by atoms with Crippen LogP contribution in [0.15, 0.2) is 30.7 Å². The second-order valence-corrected chi connectivity index (χ2v) is 8.21. The van der Waals surface area contributed by atoms with Gasteiger partial charge in [-0.2, -0.15) is 10.2 Å². The Kier molecular flexibility index (Phi) is 4.38. The van der Waals surface area contributed by atoms with E-state index in [4.69, 9.17) is 10.2 Å². The first-order valence-corrected chi connectivity index (χ1v) is 10.4. The van der Waals surface area contributed by atoms with Gasteiger partial charge in [0.2, 0.25) is 11.9 Å². The van der Waals surface area contributed by atoms with Crippen molar-refractivity contribution in [3.63, 3.8) is 0 Å². The zero-order valence-electron chi connectivity index (χ0n) is 16.5. The molecule has 3 fully saturated rings. The minimum atomic E-state index is -0.0713. The van der Waals surface area contributed by atoms with Crippen LogP contribution in [0.1, 0.15) is 26.2 Å². The van der Waals surface area contributed by atoms with Crippen LogP contribution in [0.25, 0.3) is 0 Å². The van der Waals surface area contributed by atoms with E-state index in [1.807, 2.05) is 24.5 Å². The minimum absolute atomic E-state index is 0.0695. The van der Waals surface area contributed by atoms with E-state index in [1.54, 1.807) is 6.20 Å². The lowest BCUT2D eigenvalue weighted by Crippen LogP contribution is -2.56. The number of nitrogens with one attached hydrogen (secondary N) is 1. The van der Waals surface area contributed by atoms with E-state index in [0.29, 0.717) is 5.95 Å². The molecule has 150 valence electrons. The summed E-state index contributed by atoms with van der Waals surface area (Å²) in [4.78, 5) is 26.3. The fraction of sp³-hybridized carbons (Fsp3) is 0.524. The molecule has 2 bridgehead atoms. The highest BCUT2D eigenvalue weighted by molar-refractivity contribution is 5.83. The highest BCUT2D eigenvalue weighted by Crippen LogP contribution is 2.43. The zero-order chi connectivity index (χ0) is 20.0. The summed E-state index contributed by atoms with van der Waals surface area (Å²) in [5.41, 5.74) is 0.968. The number of carbonyl (C=O) groups excluding carboxylic acids is 1. The van der Waals surface area contributed by atoms with Crippen LogP contribution in [0.5, 0.6) is 0 Å². The molecule has 2 aromatic heterocycles. The summed E-state index contributed by atoms with van der Waals surface area (Å²) in [6.07, 6.45) is 8.62. The van der Waals surface area contributed by atoms with Gasteiger partial charge in [-0.05, 0) is 38.3 Å². The fourth-order valence-corrected chi connectivity index (χ4v) is 4.68. The molecule has 2 aromatic rings. The maximum atomic E-state index is 12.8. The number of hydrogen-bond donors (Lipinski definition) is 1. The van der Waals surface area contributed by atoms with E-state index in [1.165, 1.54) is 0 Å². The van der Waals surface area contributed by atoms with Crippen molar-refractivity contribution >= 4 is 23.4 Å². The van der Waals surface area contributed by atoms with Crippen LogP contribution in [0, 0.1) is 23.2 Å². The summed E-state index contributed by atoms with van der Waals surface area (Å²) in [5, 5.41) is 12.3. The number of rotatable bonds is 5. The third-order valence-electron chi connectivity index (χ3n) is 6.35. The van der Waals surface area contributed by atoms with Gasteiger partial charge in [0.15, 0.2) is 0 Å². The average Bonchev–Trinajstić information content (AvgIpc) is 3.33. The monoisotopic (exact) mass is 391 g/mol. The molecule has 1 N–H and O–H groups in total. The molecule has 4 atom stereocenters. The van der Waals surface area contributed by atoms with Crippen molar-refractivity contribution in [3.8, 4) is 6.07 Å². The quantitative estimate of drug-likeness (QED) is 0.842. The van der Waals surface area contributed by atoms with Crippen LogP contribution in [-0.2, 0) is 11.3 Å². The normalized spacial score (nSPS) is 27.6. The Morgan fingerprint density at radius 1 is 1.31 bits per heavy atom. The molecule has 1 amide bonds. The molecule has 8 heteroatoms. The summed E-state index contributed by atoms with van der Waals surface area (Å²) in [7, 11) is 0. The topological polar surface area (TPSA) is 90.1 Å². The van der Waals surface area contributed by atoms with Crippen LogP contribution < -0.4 is 10.2 Å². The van der Waals surface area contributed by atoms with E-state index in [-0.39, 0.29) is 29.8 Å². The molecule has 1 saturated carbocycles. The smallest absolute Gasteiger partial charge is 0.229 e. The van der Waals surface area contributed by atoms with E-state index in [0.717, 1.165) is 50.4 Å². The largest absolute Gasteiger partial charge is 0.352 e. The number of amides is 1. The molecule has 0 radical (unpaired) electrons. The second kappa shape index (κ2) is 7.07. The first-order valence-electron chi connectivity index (χ1n) is 10.4. The highest BCUT2D eigenvalue weighted by Gasteiger charge is 2.51. The standard InChI is InChI=1S/C21H25N7O/c1-2-26-8-6-15(11-26)24-21-23-7-5-19(25-21)27-12-16-3-4-17(13-27)28(16)20(29)18-9-14(18)10-22/h5-8,11,14,16-18H,2-4,9,12-13H2,1H3,(H,23,24,25)/t14?,16-,17+,18-/m1/s1. The van der Waals surface area contributed by atoms with Crippen molar-refractivity contribution in [1.82, 2.24) is 19.4 Å². The first-order chi connectivity index (χ1) is 14.2. The van der Waals surface area contributed by atoms with Crippen molar-refractivity contribution < 1.29 is 4.79 Å². The maximum Gasteiger partial charge on any atom is 0.229 e. The van der Waals surface area contributed by atoms with Crippen LogP contribution in [0.3, 0.4) is 0 Å². The lowest BCUT2D eigenvalue weighted by molar-refractivity contribution is -0.136. The highest BCUT2D eigenvalue weighted by atomic mass is 16.2. The number of anilines is 3. The van der Waals surface area contributed by atoms with Crippen molar-refractivity contribution in [2.45, 2.75) is 44.8 Å². The lowest BCUT2D eigenvalue weighted by atomic mass is 10.1. The van der Waals surface area contributed by atoms with Crippen molar-refractivity contribution in [1.29, 1.82) is 5.26 Å². The Hall–Kier alpha value is -3.08. The minimum Gasteiger partial charge on any atom is -0.352 e. The molecule has 0 aromatic carbocycles. The SMILES string of the molecule is CCn1ccc(Nc2nccc(N3C[C@H]4CC[C@@H](C3)N4C(=O)[C@@H]3CC3C#N)n2)c1. The maximum absolute atomic E-state index is 12.8. The molecular formula is C21H25N7O. The van der Waals surface area contributed by atoms with Gasteiger partial charge in [-0.1, -0.05) is 0 Å². The van der Waals surface area contributed by atoms with Gasteiger partial charge in [0.1, 0.15) is 5.82 Å². The lowest BCUT2D eigenvalue weighted by Gasteiger charge is -2.41. The van der Waals surface area contributed by atoms with Gasteiger partial charge in [-0.3, -0.25) is 4.79 Å². The molecular weight excluding hydrogens is 366 g/mol. The average molecular weight is 391 g/mol. The predicted octanol–water partition coefficient (Wildman–Crippen LogP) is 2.38. The predicted molar refractivity (Wildman–Crippen MR) is 108 cm³/mol. The molecule has 2 aliphatic heterocycles. The van der Waals surface area contributed by atoms with Crippen LogP contribution in [0.4, 0.5) is 17.5 Å². The molecule has 2 saturated heterocycles. The Balaban J connectivity index is 1.28.